The van der Waals surface area contributed by atoms with Crippen molar-refractivity contribution in [1.29, 1.82) is 0 Å². The van der Waals surface area contributed by atoms with Crippen molar-refractivity contribution in [2.45, 2.75) is 12.3 Å². The van der Waals surface area contributed by atoms with Gasteiger partial charge in [-0.1, -0.05) is 36.4 Å². The van der Waals surface area contributed by atoms with Gasteiger partial charge >= 0.3 is 5.97 Å². The van der Waals surface area contributed by atoms with E-state index >= 15 is 0 Å². The molecule has 0 amide bonds. The monoisotopic (exact) mass is 375 g/mol. The fourth-order valence-corrected chi connectivity index (χ4v) is 3.37. The Kier molecular flexibility index (Phi) is 5.19. The first kappa shape index (κ1) is 18.0. The second-order valence-corrected chi connectivity index (χ2v) is 6.58. The van der Waals surface area contributed by atoms with Gasteiger partial charge in [-0.3, -0.25) is 4.98 Å². The van der Waals surface area contributed by atoms with Crippen LogP contribution < -0.4 is 10.1 Å². The van der Waals surface area contributed by atoms with Crippen LogP contribution in [0.15, 0.2) is 60.9 Å². The van der Waals surface area contributed by atoms with Crippen molar-refractivity contribution in [3.05, 3.63) is 72.1 Å². The molecule has 6 heteroatoms. The lowest BCUT2D eigenvalue weighted by Crippen LogP contribution is -2.22. The number of ether oxygens (including phenoxy) is 2. The summed E-state index contributed by atoms with van der Waals surface area (Å²) in [5, 5.41) is 3.34. The molecule has 1 aliphatic rings. The van der Waals surface area contributed by atoms with Crippen molar-refractivity contribution < 1.29 is 14.3 Å². The molecule has 0 spiro atoms. The van der Waals surface area contributed by atoms with Gasteiger partial charge in [-0.2, -0.15) is 0 Å². The molecule has 28 heavy (non-hydrogen) atoms. The van der Waals surface area contributed by atoms with Crippen LogP contribution >= 0.6 is 0 Å². The number of aromatic nitrogens is 2. The first-order chi connectivity index (χ1) is 13.8. The maximum absolute atomic E-state index is 11.9. The number of hydrogen-bond donors (Lipinski definition) is 1. The summed E-state index contributed by atoms with van der Waals surface area (Å²) in [4.78, 5) is 20.8. The number of anilines is 1. The third kappa shape index (κ3) is 3.67. The van der Waals surface area contributed by atoms with Gasteiger partial charge in [-0.25, -0.2) is 9.78 Å². The van der Waals surface area contributed by atoms with Crippen molar-refractivity contribution in [2.24, 2.45) is 0 Å². The van der Waals surface area contributed by atoms with E-state index in [0.29, 0.717) is 30.3 Å². The van der Waals surface area contributed by atoms with Crippen LogP contribution in [0.25, 0.3) is 11.3 Å². The lowest BCUT2D eigenvalue weighted by molar-refractivity contribution is 0.0601. The number of fused-ring (bicyclic) bond motifs is 1. The third-order valence-electron chi connectivity index (χ3n) is 4.87. The summed E-state index contributed by atoms with van der Waals surface area (Å²) in [7, 11) is 1.37. The zero-order chi connectivity index (χ0) is 19.3. The summed E-state index contributed by atoms with van der Waals surface area (Å²) in [5.74, 6) is 0.525. The predicted molar refractivity (Wildman–Crippen MR) is 107 cm³/mol. The number of pyridine rings is 2. The van der Waals surface area contributed by atoms with Gasteiger partial charge in [-0.15, -0.1) is 0 Å². The van der Waals surface area contributed by atoms with E-state index in [-0.39, 0.29) is 11.9 Å². The zero-order valence-corrected chi connectivity index (χ0v) is 15.6. The molecule has 0 saturated heterocycles. The summed E-state index contributed by atoms with van der Waals surface area (Å²) < 4.78 is 10.7. The molecular weight excluding hydrogens is 354 g/mol. The van der Waals surface area contributed by atoms with Crippen LogP contribution in [0.3, 0.4) is 0 Å². The van der Waals surface area contributed by atoms with Gasteiger partial charge in [0.25, 0.3) is 0 Å². The predicted octanol–water partition coefficient (Wildman–Crippen LogP) is 3.91. The van der Waals surface area contributed by atoms with Gasteiger partial charge in [0, 0.05) is 29.8 Å². The number of nitrogens with zero attached hydrogens (tertiary/aromatic N) is 2. The van der Waals surface area contributed by atoms with Crippen LogP contribution in [0, 0.1) is 0 Å². The molecule has 3 aromatic rings. The molecule has 6 nitrogen and oxygen atoms in total. The first-order valence-corrected chi connectivity index (χ1v) is 9.21. The van der Waals surface area contributed by atoms with Crippen molar-refractivity contribution >= 4 is 11.7 Å². The molecule has 0 aliphatic carbocycles. The molecule has 142 valence electrons. The third-order valence-corrected chi connectivity index (χ3v) is 4.87. The molecule has 2 aromatic heterocycles. The highest BCUT2D eigenvalue weighted by molar-refractivity contribution is 5.95. The van der Waals surface area contributed by atoms with E-state index < -0.39 is 0 Å². The highest BCUT2D eigenvalue weighted by Gasteiger charge is 2.24. The number of carbonyl (C=O) groups excluding carboxylic acids is 1. The van der Waals surface area contributed by atoms with E-state index in [1.54, 1.807) is 18.5 Å². The molecule has 1 unspecified atom stereocenters. The Bertz CT molecular complexity index is 976. The van der Waals surface area contributed by atoms with Crippen LogP contribution in [0.2, 0.25) is 0 Å². The molecule has 1 atom stereocenters. The number of rotatable bonds is 5. The Morgan fingerprint density at radius 1 is 1.21 bits per heavy atom. The number of nitrogens with one attached hydrogen (secondary N) is 1. The number of esters is 1. The lowest BCUT2D eigenvalue weighted by Gasteiger charge is -2.26. The molecular formula is C22H21N3O3. The molecule has 3 heterocycles. The average molecular weight is 375 g/mol. The van der Waals surface area contributed by atoms with Crippen LogP contribution in [0.5, 0.6) is 5.88 Å². The highest BCUT2D eigenvalue weighted by atomic mass is 16.5. The summed E-state index contributed by atoms with van der Waals surface area (Å²) in [6.07, 6.45) is 4.10. The Labute approximate surface area is 163 Å². The van der Waals surface area contributed by atoms with E-state index in [1.807, 2.05) is 36.4 Å². The van der Waals surface area contributed by atoms with Gasteiger partial charge < -0.3 is 14.8 Å². The summed E-state index contributed by atoms with van der Waals surface area (Å²) in [6, 6.07) is 15.8. The van der Waals surface area contributed by atoms with E-state index in [9.17, 15) is 4.79 Å². The Morgan fingerprint density at radius 3 is 2.89 bits per heavy atom. The second kappa shape index (κ2) is 8.08. The number of hydrogen-bond acceptors (Lipinski definition) is 6. The van der Waals surface area contributed by atoms with Gasteiger partial charge in [0.2, 0.25) is 5.88 Å². The Morgan fingerprint density at radius 2 is 2.07 bits per heavy atom. The Balaban J connectivity index is 1.54. The highest BCUT2D eigenvalue weighted by Crippen LogP contribution is 2.34. The summed E-state index contributed by atoms with van der Waals surface area (Å²) >= 11 is 0. The molecule has 0 radical (unpaired) electrons. The number of benzene rings is 1. The topological polar surface area (TPSA) is 73.3 Å². The maximum atomic E-state index is 11.9. The average Bonchev–Trinajstić information content (AvgIpc) is 2.77. The lowest BCUT2D eigenvalue weighted by atomic mass is 9.94. The normalized spacial score (nSPS) is 15.2. The molecule has 1 aromatic carbocycles. The molecule has 1 aliphatic heterocycles. The maximum Gasteiger partial charge on any atom is 0.340 e. The minimum Gasteiger partial charge on any atom is -0.477 e. The van der Waals surface area contributed by atoms with Gasteiger partial charge in [-0.05, 0) is 18.6 Å². The molecule has 0 fully saturated rings. The van der Waals surface area contributed by atoms with E-state index in [2.05, 4.69) is 16.4 Å². The molecule has 0 saturated carbocycles. The van der Waals surface area contributed by atoms with Crippen molar-refractivity contribution in [3.63, 3.8) is 0 Å². The van der Waals surface area contributed by atoms with Gasteiger partial charge in [0.1, 0.15) is 0 Å². The summed E-state index contributed by atoms with van der Waals surface area (Å²) in [6.45, 7) is 1.26. The van der Waals surface area contributed by atoms with Crippen molar-refractivity contribution in [3.8, 4) is 17.1 Å². The second-order valence-electron chi connectivity index (χ2n) is 6.58. The van der Waals surface area contributed by atoms with Gasteiger partial charge in [0.05, 0.1) is 36.9 Å². The van der Waals surface area contributed by atoms with E-state index in [1.165, 1.54) is 7.11 Å². The van der Waals surface area contributed by atoms with E-state index in [4.69, 9.17) is 14.5 Å². The Hall–Kier alpha value is -3.41. The number of carbonyl (C=O) groups is 1. The smallest absolute Gasteiger partial charge is 0.340 e. The minimum absolute atomic E-state index is 0.228. The van der Waals surface area contributed by atoms with Crippen molar-refractivity contribution in [1.82, 2.24) is 9.97 Å². The largest absolute Gasteiger partial charge is 0.477 e. The van der Waals surface area contributed by atoms with Crippen LogP contribution in [0.4, 0.5) is 5.69 Å². The van der Waals surface area contributed by atoms with E-state index in [0.717, 1.165) is 23.2 Å². The first-order valence-electron chi connectivity index (χ1n) is 9.21. The zero-order valence-electron chi connectivity index (χ0n) is 15.6. The summed E-state index contributed by atoms with van der Waals surface area (Å²) in [5.41, 5.74) is 4.17. The SMILES string of the molecule is COC(=O)c1ccncc1NCC1CCOc2nc(-c3ccccc3)ccc21. The fraction of sp³-hybridized carbons (Fsp3) is 0.227. The van der Waals surface area contributed by atoms with Crippen LogP contribution in [0.1, 0.15) is 28.3 Å². The quantitative estimate of drug-likeness (QED) is 0.682. The van der Waals surface area contributed by atoms with Crippen LogP contribution in [-0.4, -0.2) is 36.2 Å². The molecule has 4 rings (SSSR count). The van der Waals surface area contributed by atoms with Gasteiger partial charge in [0.15, 0.2) is 0 Å². The van der Waals surface area contributed by atoms with Crippen LogP contribution in [-0.2, 0) is 4.74 Å². The molecule has 0 bridgehead atoms. The minimum atomic E-state index is -0.383. The number of methoxy groups -OCH3 is 1. The molecule has 1 N–H and O–H groups in total. The fourth-order valence-electron chi connectivity index (χ4n) is 3.37. The standard InChI is InChI=1S/C22H21N3O3/c1-27-22(26)18-9-11-23-14-20(18)24-13-16-10-12-28-21-17(16)7-8-19(25-21)15-5-3-2-4-6-15/h2-9,11,14,16,24H,10,12-13H2,1H3. The van der Waals surface area contributed by atoms with Crippen molar-refractivity contribution in [2.75, 3.05) is 25.6 Å².